The fraction of sp³-hybridized carbons (Fsp3) is 0.556. The summed E-state index contributed by atoms with van der Waals surface area (Å²) in [5.74, 6) is -0.513. The van der Waals surface area contributed by atoms with Gasteiger partial charge < -0.3 is 10.6 Å². The highest BCUT2D eigenvalue weighted by molar-refractivity contribution is 5.88. The van der Waals surface area contributed by atoms with Crippen molar-refractivity contribution >= 4 is 11.8 Å². The van der Waals surface area contributed by atoms with Crippen molar-refractivity contribution in [1.82, 2.24) is 25.4 Å². The molecular weight excluding hydrogens is 210 g/mol. The number of nitrogens with zero attached hydrogens (tertiary/aromatic N) is 3. The molecule has 0 spiro atoms. The molecular formula is C9H15N5O2. The Kier molecular flexibility index (Phi) is 3.98. The quantitative estimate of drug-likeness (QED) is 0.694. The first-order valence-electron chi connectivity index (χ1n) is 4.92. The summed E-state index contributed by atoms with van der Waals surface area (Å²) in [4.78, 5) is 26.6. The van der Waals surface area contributed by atoms with Crippen LogP contribution in [0, 0.1) is 0 Å². The van der Waals surface area contributed by atoms with Crippen molar-refractivity contribution in [3.63, 3.8) is 0 Å². The molecule has 0 fully saturated rings. The Morgan fingerprint density at radius 3 is 2.50 bits per heavy atom. The Balaban J connectivity index is 2.56. The molecule has 7 nitrogen and oxygen atoms in total. The second-order valence-electron chi connectivity index (χ2n) is 3.40. The molecule has 88 valence electrons. The third kappa shape index (κ3) is 2.78. The molecule has 0 bridgehead atoms. The largest absolute Gasteiger partial charge is 0.357 e. The highest BCUT2D eigenvalue weighted by Crippen LogP contribution is 2.02. The van der Waals surface area contributed by atoms with Crippen LogP contribution in [-0.2, 0) is 9.59 Å². The number of hydrogen-bond donors (Lipinski definition) is 2. The molecule has 7 heteroatoms. The number of likely N-dealkylation sites (N-methyl/N-ethyl adjacent to an activating group) is 1. The standard InChI is InChI=1S/C9H15N5O2/c1-6(8(15)10-3)13-9(16)7(2)14-5-11-4-12-14/h4-7H,1-3H3,(H,10,15)(H,13,16). The van der Waals surface area contributed by atoms with Gasteiger partial charge in [0.25, 0.3) is 0 Å². The maximum absolute atomic E-state index is 11.7. The lowest BCUT2D eigenvalue weighted by Crippen LogP contribution is -2.45. The Morgan fingerprint density at radius 1 is 1.31 bits per heavy atom. The van der Waals surface area contributed by atoms with Crippen molar-refractivity contribution in [2.75, 3.05) is 7.05 Å². The minimum absolute atomic E-state index is 0.237. The van der Waals surface area contributed by atoms with E-state index in [-0.39, 0.29) is 11.8 Å². The first-order chi connectivity index (χ1) is 7.56. The minimum Gasteiger partial charge on any atom is -0.357 e. The van der Waals surface area contributed by atoms with Crippen molar-refractivity contribution in [2.24, 2.45) is 0 Å². The van der Waals surface area contributed by atoms with Crippen molar-refractivity contribution in [3.05, 3.63) is 12.7 Å². The van der Waals surface area contributed by atoms with Crippen LogP contribution in [0.2, 0.25) is 0 Å². The van der Waals surface area contributed by atoms with E-state index in [2.05, 4.69) is 20.7 Å². The predicted octanol–water partition coefficient (Wildman–Crippen LogP) is -0.910. The molecule has 2 amide bonds. The molecule has 1 aromatic rings. The fourth-order valence-electron chi connectivity index (χ4n) is 1.15. The number of aromatic nitrogens is 3. The van der Waals surface area contributed by atoms with Gasteiger partial charge in [0.15, 0.2) is 0 Å². The molecule has 0 radical (unpaired) electrons. The summed E-state index contributed by atoms with van der Waals surface area (Å²) >= 11 is 0. The lowest BCUT2D eigenvalue weighted by Gasteiger charge is -2.16. The summed E-state index contributed by atoms with van der Waals surface area (Å²) in [6.45, 7) is 3.30. The third-order valence-corrected chi connectivity index (χ3v) is 2.21. The van der Waals surface area contributed by atoms with Crippen LogP contribution in [0.4, 0.5) is 0 Å². The zero-order valence-electron chi connectivity index (χ0n) is 9.47. The van der Waals surface area contributed by atoms with Gasteiger partial charge in [-0.2, -0.15) is 5.10 Å². The van der Waals surface area contributed by atoms with Gasteiger partial charge in [-0.05, 0) is 13.8 Å². The highest BCUT2D eigenvalue weighted by atomic mass is 16.2. The summed E-state index contributed by atoms with van der Waals surface area (Å²) in [7, 11) is 1.52. The number of rotatable bonds is 4. The Bertz CT molecular complexity index is 362. The van der Waals surface area contributed by atoms with E-state index in [1.54, 1.807) is 13.8 Å². The molecule has 0 aliphatic heterocycles. The second-order valence-corrected chi connectivity index (χ2v) is 3.40. The average Bonchev–Trinajstić information content (AvgIpc) is 2.79. The van der Waals surface area contributed by atoms with Crippen LogP contribution in [0.5, 0.6) is 0 Å². The zero-order valence-corrected chi connectivity index (χ0v) is 9.47. The van der Waals surface area contributed by atoms with Gasteiger partial charge in [-0.1, -0.05) is 0 Å². The fourth-order valence-corrected chi connectivity index (χ4v) is 1.15. The molecule has 2 N–H and O–H groups in total. The first-order valence-corrected chi connectivity index (χ1v) is 4.92. The van der Waals surface area contributed by atoms with Gasteiger partial charge >= 0.3 is 0 Å². The van der Waals surface area contributed by atoms with Crippen LogP contribution in [0.25, 0.3) is 0 Å². The van der Waals surface area contributed by atoms with Crippen LogP contribution >= 0.6 is 0 Å². The Hall–Kier alpha value is -1.92. The maximum atomic E-state index is 11.7. The normalized spacial score (nSPS) is 13.9. The van der Waals surface area contributed by atoms with Gasteiger partial charge in [0, 0.05) is 7.05 Å². The molecule has 0 saturated heterocycles. The van der Waals surface area contributed by atoms with E-state index in [1.807, 2.05) is 0 Å². The monoisotopic (exact) mass is 225 g/mol. The maximum Gasteiger partial charge on any atom is 0.245 e. The second kappa shape index (κ2) is 5.24. The van der Waals surface area contributed by atoms with Gasteiger partial charge in [-0.3, -0.25) is 9.59 Å². The third-order valence-electron chi connectivity index (χ3n) is 2.21. The van der Waals surface area contributed by atoms with Gasteiger partial charge in [-0.25, -0.2) is 9.67 Å². The van der Waals surface area contributed by atoms with Gasteiger partial charge in [0.1, 0.15) is 24.7 Å². The first kappa shape index (κ1) is 12.2. The van der Waals surface area contributed by atoms with Crippen LogP contribution < -0.4 is 10.6 Å². The summed E-state index contributed by atoms with van der Waals surface area (Å²) in [6.07, 6.45) is 2.81. The molecule has 0 aliphatic rings. The molecule has 1 heterocycles. The lowest BCUT2D eigenvalue weighted by atomic mass is 10.2. The van der Waals surface area contributed by atoms with E-state index in [0.29, 0.717) is 0 Å². The van der Waals surface area contributed by atoms with Gasteiger partial charge in [0.2, 0.25) is 11.8 Å². The Labute approximate surface area is 93.2 Å². The predicted molar refractivity (Wildman–Crippen MR) is 56.4 cm³/mol. The van der Waals surface area contributed by atoms with Crippen LogP contribution in [0.3, 0.4) is 0 Å². The van der Waals surface area contributed by atoms with E-state index in [9.17, 15) is 9.59 Å². The summed E-state index contributed by atoms with van der Waals surface area (Å²) in [5, 5.41) is 8.89. The SMILES string of the molecule is CNC(=O)C(C)NC(=O)C(C)n1cncn1. The van der Waals surface area contributed by atoms with E-state index >= 15 is 0 Å². The molecule has 0 aliphatic carbocycles. The van der Waals surface area contributed by atoms with Gasteiger partial charge in [-0.15, -0.1) is 0 Å². The number of nitrogens with one attached hydrogen (secondary N) is 2. The van der Waals surface area contributed by atoms with Crippen LogP contribution in [-0.4, -0.2) is 39.7 Å². The molecule has 0 aromatic carbocycles. The van der Waals surface area contributed by atoms with Crippen molar-refractivity contribution < 1.29 is 9.59 Å². The number of amides is 2. The van der Waals surface area contributed by atoms with E-state index in [4.69, 9.17) is 0 Å². The molecule has 0 saturated carbocycles. The summed E-state index contributed by atoms with van der Waals surface area (Å²) in [6, 6.07) is -1.06. The lowest BCUT2D eigenvalue weighted by molar-refractivity contribution is -0.130. The van der Waals surface area contributed by atoms with Crippen molar-refractivity contribution in [1.29, 1.82) is 0 Å². The molecule has 1 rings (SSSR count). The van der Waals surface area contributed by atoms with E-state index < -0.39 is 12.1 Å². The van der Waals surface area contributed by atoms with E-state index in [0.717, 1.165) is 0 Å². The summed E-state index contributed by atoms with van der Waals surface area (Å²) < 4.78 is 1.42. The van der Waals surface area contributed by atoms with Crippen molar-refractivity contribution in [2.45, 2.75) is 25.9 Å². The molecule has 16 heavy (non-hydrogen) atoms. The summed E-state index contributed by atoms with van der Waals surface area (Å²) in [5.41, 5.74) is 0. The van der Waals surface area contributed by atoms with Crippen molar-refractivity contribution in [3.8, 4) is 0 Å². The smallest absolute Gasteiger partial charge is 0.245 e. The number of carbonyl (C=O) groups excluding carboxylic acids is 2. The molecule has 2 atom stereocenters. The zero-order chi connectivity index (χ0) is 12.1. The number of hydrogen-bond acceptors (Lipinski definition) is 4. The minimum atomic E-state index is -0.566. The highest BCUT2D eigenvalue weighted by Gasteiger charge is 2.20. The van der Waals surface area contributed by atoms with Crippen LogP contribution in [0.15, 0.2) is 12.7 Å². The van der Waals surface area contributed by atoms with E-state index in [1.165, 1.54) is 24.4 Å². The molecule has 1 aromatic heterocycles. The van der Waals surface area contributed by atoms with Gasteiger partial charge in [0.05, 0.1) is 0 Å². The van der Waals surface area contributed by atoms with Crippen LogP contribution in [0.1, 0.15) is 19.9 Å². The molecule has 2 unspecified atom stereocenters. The number of carbonyl (C=O) groups is 2. The topological polar surface area (TPSA) is 88.9 Å². The average molecular weight is 225 g/mol. The Morgan fingerprint density at radius 2 is 2.00 bits per heavy atom.